The fourth-order valence-corrected chi connectivity index (χ4v) is 6.59. The number of aromatic nitrogens is 1. The number of carbonyl (C=O) groups excluding carboxylic acids is 2. The maximum Gasteiger partial charge on any atom is 0.354 e. The van der Waals surface area contributed by atoms with E-state index in [0.717, 1.165) is 18.4 Å². The second kappa shape index (κ2) is 9.32. The van der Waals surface area contributed by atoms with Crippen LogP contribution >= 0.6 is 0 Å². The number of ether oxygens (including phenoxy) is 2. The van der Waals surface area contributed by atoms with Crippen LogP contribution in [-0.4, -0.2) is 40.9 Å². The molecular formula is C32H34N2O6. The second-order valence-corrected chi connectivity index (χ2v) is 12.3. The predicted octanol–water partition coefficient (Wildman–Crippen LogP) is 5.38. The Labute approximate surface area is 233 Å². The third-order valence-corrected chi connectivity index (χ3v) is 8.72. The number of nitrogens with zero attached hydrogens (tertiary/aromatic N) is 1. The number of aromatic carboxylic acids is 1. The second-order valence-electron chi connectivity index (χ2n) is 12.3. The van der Waals surface area contributed by atoms with Gasteiger partial charge < -0.3 is 19.9 Å². The number of hydrogen-bond acceptors (Lipinski definition) is 6. The van der Waals surface area contributed by atoms with Gasteiger partial charge in [-0.25, -0.2) is 9.78 Å². The molecule has 0 saturated heterocycles. The third kappa shape index (κ3) is 4.30. The molecule has 2 aromatic rings. The van der Waals surface area contributed by atoms with Crippen LogP contribution in [0.2, 0.25) is 0 Å². The van der Waals surface area contributed by atoms with Crippen LogP contribution in [0.25, 0.3) is 11.3 Å². The van der Waals surface area contributed by atoms with Gasteiger partial charge in [-0.15, -0.1) is 0 Å². The van der Waals surface area contributed by atoms with E-state index in [1.807, 2.05) is 13.0 Å². The molecule has 2 aliphatic heterocycles. The van der Waals surface area contributed by atoms with E-state index in [0.29, 0.717) is 76.0 Å². The van der Waals surface area contributed by atoms with E-state index < -0.39 is 11.9 Å². The van der Waals surface area contributed by atoms with Crippen LogP contribution in [0.15, 0.2) is 46.9 Å². The zero-order chi connectivity index (χ0) is 28.5. The van der Waals surface area contributed by atoms with Crippen LogP contribution < -0.4 is 10.1 Å². The van der Waals surface area contributed by atoms with Crippen molar-refractivity contribution < 1.29 is 29.0 Å². The predicted molar refractivity (Wildman–Crippen MR) is 148 cm³/mol. The first-order chi connectivity index (χ1) is 19.0. The minimum atomic E-state index is -1.10. The van der Waals surface area contributed by atoms with Crippen LogP contribution in [0.4, 0.5) is 0 Å². The number of aryl methyl sites for hydroxylation is 1. The summed E-state index contributed by atoms with van der Waals surface area (Å²) in [5.41, 5.74) is 3.95. The molecule has 8 nitrogen and oxygen atoms in total. The number of ketones is 1. The Morgan fingerprint density at radius 2 is 1.82 bits per heavy atom. The standard InChI is InChI=1S/C32H34N2O6/c1-15-6-10-19(33-29(15)31(37)38)18-9-11-22(39-5)25(16(18)2)28-26-21(35)13-32(3,4)14-24(26)40-23-12-20(17-7-8-17)34-30(36)27(23)28/h6,9-11,17,20,28H,7-8,12-14H2,1-5H3,(H,34,36)(H,37,38)/t20?,28-/m0/s1. The van der Waals surface area contributed by atoms with Crippen molar-refractivity contribution in [3.05, 3.63) is 69.3 Å². The summed E-state index contributed by atoms with van der Waals surface area (Å²) in [5, 5.41) is 12.9. The van der Waals surface area contributed by atoms with Crippen molar-refractivity contribution in [2.75, 3.05) is 7.11 Å². The van der Waals surface area contributed by atoms with Crippen LogP contribution in [0, 0.1) is 25.2 Å². The molecule has 1 aromatic heterocycles. The van der Waals surface area contributed by atoms with Crippen LogP contribution in [0.1, 0.15) is 79.0 Å². The number of benzene rings is 1. The summed E-state index contributed by atoms with van der Waals surface area (Å²) >= 11 is 0. The van der Waals surface area contributed by atoms with Crippen LogP contribution in [0.5, 0.6) is 5.75 Å². The fraction of sp³-hybridized carbons (Fsp3) is 0.438. The SMILES string of the molecule is COc1ccc(-c2ccc(C)c(C(=O)O)n2)c(C)c1[C@H]1C2=C(CC(C)(C)CC2=O)OC2=C1C(=O)NC(C1CC1)C2. The van der Waals surface area contributed by atoms with E-state index in [-0.39, 0.29) is 28.8 Å². The van der Waals surface area contributed by atoms with Gasteiger partial charge in [0.05, 0.1) is 24.3 Å². The molecule has 1 fully saturated rings. The fourth-order valence-electron chi connectivity index (χ4n) is 6.59. The van der Waals surface area contributed by atoms with Crippen molar-refractivity contribution >= 4 is 17.7 Å². The van der Waals surface area contributed by atoms with Gasteiger partial charge in [-0.2, -0.15) is 0 Å². The van der Waals surface area contributed by atoms with E-state index in [4.69, 9.17) is 9.47 Å². The van der Waals surface area contributed by atoms with E-state index in [1.165, 1.54) is 0 Å². The van der Waals surface area contributed by atoms with Gasteiger partial charge in [0.15, 0.2) is 11.5 Å². The molecule has 0 bridgehead atoms. The van der Waals surface area contributed by atoms with Gasteiger partial charge in [0, 0.05) is 42.0 Å². The maximum absolute atomic E-state index is 13.8. The normalized spacial score (nSPS) is 23.7. The maximum atomic E-state index is 13.8. The largest absolute Gasteiger partial charge is 0.496 e. The Balaban J connectivity index is 1.58. The third-order valence-electron chi connectivity index (χ3n) is 8.72. The van der Waals surface area contributed by atoms with E-state index in [2.05, 4.69) is 24.1 Å². The molecule has 1 unspecified atom stereocenters. The number of Topliss-reactive ketones (excluding diaryl/α,β-unsaturated/α-hetero) is 1. The summed E-state index contributed by atoms with van der Waals surface area (Å²) in [5.74, 6) is 0.282. The van der Waals surface area contributed by atoms with Gasteiger partial charge in [0.1, 0.15) is 17.3 Å². The first kappa shape index (κ1) is 26.3. The monoisotopic (exact) mass is 542 g/mol. The van der Waals surface area contributed by atoms with Gasteiger partial charge in [-0.1, -0.05) is 19.9 Å². The molecule has 208 valence electrons. The summed E-state index contributed by atoms with van der Waals surface area (Å²) in [6.07, 6.45) is 3.72. The van der Waals surface area contributed by atoms with Crippen LogP contribution in [0.3, 0.4) is 0 Å². The molecule has 2 N–H and O–H groups in total. The minimum Gasteiger partial charge on any atom is -0.496 e. The summed E-state index contributed by atoms with van der Waals surface area (Å²) in [7, 11) is 1.57. The van der Waals surface area contributed by atoms with Crippen molar-refractivity contribution in [2.45, 2.75) is 71.8 Å². The molecule has 0 spiro atoms. The zero-order valence-electron chi connectivity index (χ0n) is 23.5. The van der Waals surface area contributed by atoms with E-state index in [1.54, 1.807) is 32.2 Å². The highest BCUT2D eigenvalue weighted by molar-refractivity contribution is 6.06. The summed E-state index contributed by atoms with van der Waals surface area (Å²) in [4.78, 5) is 43.9. The zero-order valence-corrected chi connectivity index (χ0v) is 23.5. The average Bonchev–Trinajstić information content (AvgIpc) is 3.72. The highest BCUT2D eigenvalue weighted by Crippen LogP contribution is 2.54. The smallest absolute Gasteiger partial charge is 0.354 e. The highest BCUT2D eigenvalue weighted by Gasteiger charge is 2.49. The van der Waals surface area contributed by atoms with Crippen molar-refractivity contribution in [1.29, 1.82) is 0 Å². The first-order valence-corrected chi connectivity index (χ1v) is 13.9. The van der Waals surface area contributed by atoms with Gasteiger partial charge >= 0.3 is 5.97 Å². The minimum absolute atomic E-state index is 0.0159. The van der Waals surface area contributed by atoms with Gasteiger partial charge in [-0.3, -0.25) is 9.59 Å². The lowest BCUT2D eigenvalue weighted by molar-refractivity contribution is -0.120. The quantitative estimate of drug-likeness (QED) is 0.521. The Morgan fingerprint density at radius 1 is 1.07 bits per heavy atom. The van der Waals surface area contributed by atoms with E-state index in [9.17, 15) is 19.5 Å². The number of methoxy groups -OCH3 is 1. The molecular weight excluding hydrogens is 508 g/mol. The molecule has 1 saturated carbocycles. The molecule has 4 aliphatic rings. The molecule has 2 aliphatic carbocycles. The van der Waals surface area contributed by atoms with Crippen LogP contribution in [-0.2, 0) is 14.3 Å². The lowest BCUT2D eigenvalue weighted by atomic mass is 9.68. The lowest BCUT2D eigenvalue weighted by Crippen LogP contribution is -2.46. The number of carboxylic acid groups (broad SMARTS) is 1. The van der Waals surface area contributed by atoms with Gasteiger partial charge in [0.2, 0.25) is 0 Å². The van der Waals surface area contributed by atoms with Gasteiger partial charge in [-0.05, 0) is 67.3 Å². The molecule has 40 heavy (non-hydrogen) atoms. The number of rotatable bonds is 5. The number of nitrogens with one attached hydrogen (secondary N) is 1. The number of carbonyl (C=O) groups is 3. The molecule has 8 heteroatoms. The summed E-state index contributed by atoms with van der Waals surface area (Å²) in [6.45, 7) is 7.75. The summed E-state index contributed by atoms with van der Waals surface area (Å²) in [6, 6.07) is 7.22. The first-order valence-electron chi connectivity index (χ1n) is 13.9. The Hall–Kier alpha value is -3.94. The molecule has 1 aromatic carbocycles. The van der Waals surface area contributed by atoms with Crippen molar-refractivity contribution in [3.63, 3.8) is 0 Å². The number of pyridine rings is 1. The van der Waals surface area contributed by atoms with Gasteiger partial charge in [0.25, 0.3) is 5.91 Å². The molecule has 1 amide bonds. The summed E-state index contributed by atoms with van der Waals surface area (Å²) < 4.78 is 12.3. The lowest BCUT2D eigenvalue weighted by Gasteiger charge is -2.42. The number of amides is 1. The number of allylic oxidation sites excluding steroid dienone is 2. The highest BCUT2D eigenvalue weighted by atomic mass is 16.5. The Morgan fingerprint density at radius 3 is 2.50 bits per heavy atom. The molecule has 2 atom stereocenters. The molecule has 0 radical (unpaired) electrons. The van der Waals surface area contributed by atoms with Crippen molar-refractivity contribution in [1.82, 2.24) is 10.3 Å². The van der Waals surface area contributed by atoms with Crippen molar-refractivity contribution in [2.24, 2.45) is 11.3 Å². The molecule has 6 rings (SSSR count). The Kier molecular flexibility index (Phi) is 6.13. The number of hydrogen-bond donors (Lipinski definition) is 2. The number of carboxylic acids is 1. The van der Waals surface area contributed by atoms with E-state index >= 15 is 0 Å². The topological polar surface area (TPSA) is 115 Å². The average molecular weight is 543 g/mol. The molecule has 3 heterocycles. The van der Waals surface area contributed by atoms with Crippen molar-refractivity contribution in [3.8, 4) is 17.0 Å². The Bertz CT molecular complexity index is 1540.